The van der Waals surface area contributed by atoms with E-state index in [-0.39, 0.29) is 0 Å². The Bertz CT molecular complexity index is 937. The maximum Gasteiger partial charge on any atom is 0.127 e. The highest BCUT2D eigenvalue weighted by Crippen LogP contribution is 2.40. The summed E-state index contributed by atoms with van der Waals surface area (Å²) in [4.78, 5) is 6.81. The van der Waals surface area contributed by atoms with Crippen LogP contribution in [0.5, 0.6) is 11.5 Å². The molecule has 1 aliphatic carbocycles. The molecular weight excluding hydrogens is 348 g/mol. The Kier molecular flexibility index (Phi) is 4.65. The fraction of sp³-hybridized carbons (Fsp3) is 0.375. The molecule has 1 aromatic heterocycles. The Morgan fingerprint density at radius 2 is 1.79 bits per heavy atom. The third-order valence-electron chi connectivity index (χ3n) is 6.37. The number of hydrogen-bond acceptors (Lipinski definition) is 4. The molecule has 1 saturated carbocycles. The summed E-state index contributed by atoms with van der Waals surface area (Å²) in [6.45, 7) is 3.46. The zero-order valence-corrected chi connectivity index (χ0v) is 16.0. The second-order valence-corrected chi connectivity index (χ2v) is 8.26. The molecule has 2 fully saturated rings. The molecule has 0 spiro atoms. The molecule has 5 rings (SSSR count). The minimum atomic E-state index is 0.327. The van der Waals surface area contributed by atoms with E-state index in [4.69, 9.17) is 4.74 Å². The van der Waals surface area contributed by atoms with Crippen LogP contribution in [-0.2, 0) is 6.42 Å². The molecule has 1 N–H and O–H groups in total. The first-order valence-corrected chi connectivity index (χ1v) is 10.2. The Hall–Kier alpha value is -2.59. The summed E-state index contributed by atoms with van der Waals surface area (Å²) in [6.07, 6.45) is 7.42. The highest BCUT2D eigenvalue weighted by atomic mass is 16.5. The standard InChI is InChI=1S/C24H26N2O2/c27-21-6-4-17(5-7-21)9-11-26-15-19-12-22(13-20(19)16-26)28-24-3-1-2-18-14-25-10-8-23(18)24/h1-8,10,14,19-20,22,27H,9,11-13,15-16H2/t19-,20+,22+. The topological polar surface area (TPSA) is 45.6 Å². The zero-order valence-electron chi connectivity index (χ0n) is 16.0. The summed E-state index contributed by atoms with van der Waals surface area (Å²) in [5.74, 6) is 2.84. The number of likely N-dealkylation sites (tertiary alicyclic amines) is 1. The lowest BCUT2D eigenvalue weighted by Crippen LogP contribution is -2.26. The first-order valence-electron chi connectivity index (χ1n) is 10.2. The van der Waals surface area contributed by atoms with Crippen molar-refractivity contribution < 1.29 is 9.84 Å². The molecule has 3 atom stereocenters. The highest BCUT2D eigenvalue weighted by Gasteiger charge is 2.41. The molecule has 1 saturated heterocycles. The van der Waals surface area contributed by atoms with E-state index in [0.717, 1.165) is 54.2 Å². The second kappa shape index (κ2) is 7.44. The van der Waals surface area contributed by atoms with Gasteiger partial charge in [-0.2, -0.15) is 0 Å². The Balaban J connectivity index is 1.16. The number of phenolic OH excluding ortho intramolecular Hbond substituents is 1. The van der Waals surface area contributed by atoms with Crippen LogP contribution < -0.4 is 4.74 Å². The maximum atomic E-state index is 9.41. The Labute approximate surface area is 165 Å². The number of ether oxygens (including phenoxy) is 1. The molecule has 0 radical (unpaired) electrons. The number of aromatic nitrogens is 1. The molecule has 2 aromatic carbocycles. The SMILES string of the molecule is Oc1ccc(CCN2C[C@H]3C[C@H](Oc4cccc5cnccc45)C[C@H]3C2)cc1. The number of nitrogens with zero attached hydrogens (tertiary/aromatic N) is 2. The summed E-state index contributed by atoms with van der Waals surface area (Å²) < 4.78 is 6.43. The zero-order chi connectivity index (χ0) is 18.9. The molecule has 0 bridgehead atoms. The van der Waals surface area contributed by atoms with Crippen molar-refractivity contribution in [2.24, 2.45) is 11.8 Å². The van der Waals surface area contributed by atoms with Gasteiger partial charge in [-0.3, -0.25) is 4.98 Å². The molecule has 4 heteroatoms. The van der Waals surface area contributed by atoms with Gasteiger partial charge < -0.3 is 14.7 Å². The predicted molar refractivity (Wildman–Crippen MR) is 111 cm³/mol. The van der Waals surface area contributed by atoms with E-state index in [0.29, 0.717) is 11.9 Å². The van der Waals surface area contributed by atoms with Gasteiger partial charge in [0.2, 0.25) is 0 Å². The Morgan fingerprint density at radius 3 is 2.57 bits per heavy atom. The van der Waals surface area contributed by atoms with E-state index < -0.39 is 0 Å². The fourth-order valence-corrected chi connectivity index (χ4v) is 4.95. The molecule has 28 heavy (non-hydrogen) atoms. The van der Waals surface area contributed by atoms with Gasteiger partial charge in [0.1, 0.15) is 11.5 Å². The fourth-order valence-electron chi connectivity index (χ4n) is 4.95. The minimum Gasteiger partial charge on any atom is -0.508 e. The third-order valence-corrected chi connectivity index (χ3v) is 6.37. The number of benzene rings is 2. The average Bonchev–Trinajstić information content (AvgIpc) is 3.26. The van der Waals surface area contributed by atoms with Crippen molar-refractivity contribution in [3.63, 3.8) is 0 Å². The van der Waals surface area contributed by atoms with Gasteiger partial charge in [0.25, 0.3) is 0 Å². The van der Waals surface area contributed by atoms with Gasteiger partial charge in [0.05, 0.1) is 6.10 Å². The van der Waals surface area contributed by atoms with Gasteiger partial charge in [-0.05, 0) is 60.9 Å². The Morgan fingerprint density at radius 1 is 1.00 bits per heavy atom. The normalized spacial score (nSPS) is 24.5. The van der Waals surface area contributed by atoms with Crippen molar-refractivity contribution in [3.8, 4) is 11.5 Å². The van der Waals surface area contributed by atoms with E-state index in [2.05, 4.69) is 28.1 Å². The molecule has 2 aliphatic rings. The van der Waals surface area contributed by atoms with Crippen LogP contribution in [-0.4, -0.2) is 40.7 Å². The lowest BCUT2D eigenvalue weighted by molar-refractivity contribution is 0.188. The van der Waals surface area contributed by atoms with Gasteiger partial charge >= 0.3 is 0 Å². The number of pyridine rings is 1. The van der Waals surface area contributed by atoms with Gasteiger partial charge in [-0.15, -0.1) is 0 Å². The van der Waals surface area contributed by atoms with Crippen LogP contribution in [0.3, 0.4) is 0 Å². The van der Waals surface area contributed by atoms with Crippen molar-refractivity contribution in [3.05, 3.63) is 66.5 Å². The van der Waals surface area contributed by atoms with Crippen LogP contribution in [0.4, 0.5) is 0 Å². The number of rotatable bonds is 5. The van der Waals surface area contributed by atoms with Crippen LogP contribution in [0.1, 0.15) is 18.4 Å². The smallest absolute Gasteiger partial charge is 0.127 e. The number of phenols is 1. The van der Waals surface area contributed by atoms with Crippen LogP contribution in [0.25, 0.3) is 10.8 Å². The molecule has 4 nitrogen and oxygen atoms in total. The summed E-state index contributed by atoms with van der Waals surface area (Å²) in [5.41, 5.74) is 1.29. The lowest BCUT2D eigenvalue weighted by atomic mass is 10.0. The van der Waals surface area contributed by atoms with Crippen LogP contribution in [0.2, 0.25) is 0 Å². The molecular formula is C24H26N2O2. The number of fused-ring (bicyclic) bond motifs is 2. The van der Waals surface area contributed by atoms with Gasteiger partial charge in [0, 0.05) is 42.8 Å². The average molecular weight is 374 g/mol. The first kappa shape index (κ1) is 17.5. The molecule has 3 aromatic rings. The van der Waals surface area contributed by atoms with Crippen molar-refractivity contribution in [1.29, 1.82) is 0 Å². The van der Waals surface area contributed by atoms with Crippen LogP contribution >= 0.6 is 0 Å². The van der Waals surface area contributed by atoms with E-state index in [1.54, 1.807) is 12.1 Å². The number of hydrogen-bond donors (Lipinski definition) is 1. The monoisotopic (exact) mass is 374 g/mol. The van der Waals surface area contributed by atoms with E-state index in [1.807, 2.05) is 30.6 Å². The molecule has 0 amide bonds. The van der Waals surface area contributed by atoms with Crippen LogP contribution in [0, 0.1) is 11.8 Å². The van der Waals surface area contributed by atoms with E-state index in [9.17, 15) is 5.11 Å². The molecule has 1 aliphatic heterocycles. The molecule has 2 heterocycles. The van der Waals surface area contributed by atoms with Crippen molar-refractivity contribution in [2.75, 3.05) is 19.6 Å². The van der Waals surface area contributed by atoms with Crippen molar-refractivity contribution in [2.45, 2.75) is 25.4 Å². The largest absolute Gasteiger partial charge is 0.508 e. The summed E-state index contributed by atoms with van der Waals surface area (Å²) >= 11 is 0. The lowest BCUT2D eigenvalue weighted by Gasteiger charge is -2.20. The predicted octanol–water partition coefficient (Wildman–Crippen LogP) is 4.27. The second-order valence-electron chi connectivity index (χ2n) is 8.26. The number of aromatic hydroxyl groups is 1. The van der Waals surface area contributed by atoms with Gasteiger partial charge in [0.15, 0.2) is 0 Å². The van der Waals surface area contributed by atoms with Crippen molar-refractivity contribution >= 4 is 10.8 Å². The quantitative estimate of drug-likeness (QED) is 0.724. The summed E-state index contributed by atoms with van der Waals surface area (Å²) in [7, 11) is 0. The minimum absolute atomic E-state index is 0.327. The van der Waals surface area contributed by atoms with Gasteiger partial charge in [-0.1, -0.05) is 24.3 Å². The van der Waals surface area contributed by atoms with E-state index in [1.165, 1.54) is 18.7 Å². The molecule has 144 valence electrons. The highest BCUT2D eigenvalue weighted by molar-refractivity contribution is 5.87. The molecule has 0 unspecified atom stereocenters. The third kappa shape index (κ3) is 3.57. The first-order chi connectivity index (χ1) is 13.7. The van der Waals surface area contributed by atoms with E-state index >= 15 is 0 Å². The van der Waals surface area contributed by atoms with Gasteiger partial charge in [-0.25, -0.2) is 0 Å². The maximum absolute atomic E-state index is 9.41. The van der Waals surface area contributed by atoms with Crippen molar-refractivity contribution in [1.82, 2.24) is 9.88 Å². The summed E-state index contributed by atoms with van der Waals surface area (Å²) in [5, 5.41) is 11.7. The van der Waals surface area contributed by atoms with Crippen LogP contribution in [0.15, 0.2) is 60.9 Å². The summed E-state index contributed by atoms with van der Waals surface area (Å²) in [6, 6.07) is 15.9.